The predicted molar refractivity (Wildman–Crippen MR) is 57.9 cm³/mol. The highest BCUT2D eigenvalue weighted by atomic mass is 35.5. The van der Waals surface area contributed by atoms with Crippen LogP contribution in [0.5, 0.6) is 0 Å². The van der Waals surface area contributed by atoms with Gasteiger partial charge in [0, 0.05) is 13.1 Å². The van der Waals surface area contributed by atoms with Gasteiger partial charge in [0.15, 0.2) is 5.82 Å². The van der Waals surface area contributed by atoms with Gasteiger partial charge in [0.2, 0.25) is 0 Å². The Kier molecular flexibility index (Phi) is 3.12. The number of rotatable bonds is 1. The third-order valence-electron chi connectivity index (χ3n) is 2.63. The molecule has 0 aromatic heterocycles. The van der Waals surface area contributed by atoms with E-state index in [1.165, 1.54) is 23.1 Å². The molecule has 1 amide bonds. The zero-order chi connectivity index (χ0) is 11.7. The monoisotopic (exact) mass is 243 g/mol. The summed E-state index contributed by atoms with van der Waals surface area (Å²) in [6.45, 7) is 0.705. The van der Waals surface area contributed by atoms with Crippen molar-refractivity contribution in [1.82, 2.24) is 4.90 Å². The molecule has 3 nitrogen and oxygen atoms in total. The molecule has 86 valence electrons. The summed E-state index contributed by atoms with van der Waals surface area (Å²) in [7, 11) is 0. The molecular formula is C11H11ClFNO2. The van der Waals surface area contributed by atoms with E-state index in [0.29, 0.717) is 13.0 Å². The van der Waals surface area contributed by atoms with E-state index in [-0.39, 0.29) is 17.1 Å². The van der Waals surface area contributed by atoms with Crippen LogP contribution in [-0.2, 0) is 0 Å². The summed E-state index contributed by atoms with van der Waals surface area (Å²) in [6.07, 6.45) is 0.0275. The summed E-state index contributed by atoms with van der Waals surface area (Å²) in [5.41, 5.74) is -0.0402. The van der Waals surface area contributed by atoms with Gasteiger partial charge in [-0.15, -0.1) is 0 Å². The van der Waals surface area contributed by atoms with Gasteiger partial charge in [-0.05, 0) is 18.6 Å². The highest BCUT2D eigenvalue weighted by molar-refractivity contribution is 6.31. The standard InChI is InChI=1S/C11H11ClFNO2/c12-9-3-1-2-8(10(9)13)11(16)14-5-4-7(15)6-14/h1-3,7,15H,4-6H2/t7-/m0/s1. The van der Waals surface area contributed by atoms with E-state index < -0.39 is 17.8 Å². The minimum atomic E-state index is -0.699. The van der Waals surface area contributed by atoms with Crippen LogP contribution in [0.1, 0.15) is 16.8 Å². The van der Waals surface area contributed by atoms with Gasteiger partial charge < -0.3 is 10.0 Å². The van der Waals surface area contributed by atoms with Crippen molar-refractivity contribution in [3.63, 3.8) is 0 Å². The molecule has 1 aromatic rings. The fourth-order valence-electron chi connectivity index (χ4n) is 1.77. The summed E-state index contributed by atoms with van der Waals surface area (Å²) < 4.78 is 13.6. The Morgan fingerprint density at radius 3 is 2.94 bits per heavy atom. The van der Waals surface area contributed by atoms with E-state index in [1.807, 2.05) is 0 Å². The zero-order valence-corrected chi connectivity index (χ0v) is 9.25. The fraction of sp³-hybridized carbons (Fsp3) is 0.364. The zero-order valence-electron chi connectivity index (χ0n) is 8.49. The smallest absolute Gasteiger partial charge is 0.256 e. The van der Waals surface area contributed by atoms with Gasteiger partial charge in [-0.2, -0.15) is 0 Å². The number of likely N-dealkylation sites (tertiary alicyclic amines) is 1. The lowest BCUT2D eigenvalue weighted by atomic mass is 10.2. The number of carbonyl (C=O) groups excluding carboxylic acids is 1. The SMILES string of the molecule is O=C(c1cccc(Cl)c1F)N1CC[C@H](O)C1. The Morgan fingerprint density at radius 1 is 1.56 bits per heavy atom. The van der Waals surface area contributed by atoms with Crippen LogP contribution in [0, 0.1) is 5.82 Å². The molecule has 0 radical (unpaired) electrons. The number of benzene rings is 1. The number of aliphatic hydroxyl groups is 1. The lowest BCUT2D eigenvalue weighted by Gasteiger charge is -2.16. The first-order valence-corrected chi connectivity index (χ1v) is 5.38. The Labute approximate surface area is 97.4 Å². The first-order valence-electron chi connectivity index (χ1n) is 5.01. The fourth-order valence-corrected chi connectivity index (χ4v) is 1.94. The van der Waals surface area contributed by atoms with Crippen molar-refractivity contribution in [3.05, 3.63) is 34.6 Å². The molecule has 1 aliphatic rings. The van der Waals surface area contributed by atoms with Crippen molar-refractivity contribution in [2.45, 2.75) is 12.5 Å². The molecule has 5 heteroatoms. The summed E-state index contributed by atoms with van der Waals surface area (Å²) in [5, 5.41) is 9.24. The van der Waals surface area contributed by atoms with E-state index in [9.17, 15) is 14.3 Å². The van der Waals surface area contributed by atoms with Crippen LogP contribution < -0.4 is 0 Å². The van der Waals surface area contributed by atoms with Crippen LogP contribution in [0.2, 0.25) is 5.02 Å². The van der Waals surface area contributed by atoms with Crippen LogP contribution >= 0.6 is 11.6 Å². The number of hydrogen-bond acceptors (Lipinski definition) is 2. The highest BCUT2D eigenvalue weighted by Gasteiger charge is 2.27. The van der Waals surface area contributed by atoms with Crippen LogP contribution in [0.15, 0.2) is 18.2 Å². The maximum atomic E-state index is 13.6. The average molecular weight is 244 g/mol. The van der Waals surface area contributed by atoms with Crippen molar-refractivity contribution < 1.29 is 14.3 Å². The van der Waals surface area contributed by atoms with E-state index >= 15 is 0 Å². The quantitative estimate of drug-likeness (QED) is 0.815. The van der Waals surface area contributed by atoms with Crippen molar-refractivity contribution in [3.8, 4) is 0 Å². The summed E-state index contributed by atoms with van der Waals surface area (Å²) in [4.78, 5) is 13.3. The van der Waals surface area contributed by atoms with Crippen molar-refractivity contribution >= 4 is 17.5 Å². The third kappa shape index (κ3) is 2.03. The second kappa shape index (κ2) is 4.39. The number of amides is 1. The number of β-amino-alcohol motifs (C(OH)–C–C–N with tert-alkyl or cyclic N) is 1. The van der Waals surface area contributed by atoms with Gasteiger partial charge >= 0.3 is 0 Å². The normalized spacial score (nSPS) is 20.2. The molecule has 1 saturated heterocycles. The van der Waals surface area contributed by atoms with Gasteiger partial charge in [0.05, 0.1) is 16.7 Å². The van der Waals surface area contributed by atoms with Gasteiger partial charge in [-0.3, -0.25) is 4.79 Å². The Balaban J connectivity index is 2.24. The van der Waals surface area contributed by atoms with Crippen molar-refractivity contribution in [1.29, 1.82) is 0 Å². The van der Waals surface area contributed by atoms with E-state index in [2.05, 4.69) is 0 Å². The van der Waals surface area contributed by atoms with Crippen LogP contribution in [-0.4, -0.2) is 35.1 Å². The molecule has 1 fully saturated rings. The molecule has 1 atom stereocenters. The van der Waals surface area contributed by atoms with Gasteiger partial charge in [-0.1, -0.05) is 17.7 Å². The largest absolute Gasteiger partial charge is 0.391 e. The molecule has 1 heterocycles. The third-order valence-corrected chi connectivity index (χ3v) is 2.92. The number of aliphatic hydroxyl groups excluding tert-OH is 1. The summed E-state index contributed by atoms with van der Waals surface area (Å²) in [6, 6.07) is 4.33. The topological polar surface area (TPSA) is 40.5 Å². The maximum absolute atomic E-state index is 13.6. The molecule has 0 spiro atoms. The Hall–Kier alpha value is -1.13. The molecule has 0 saturated carbocycles. The number of carbonyl (C=O) groups is 1. The highest BCUT2D eigenvalue weighted by Crippen LogP contribution is 2.21. The maximum Gasteiger partial charge on any atom is 0.256 e. The molecule has 1 aromatic carbocycles. The number of nitrogens with zero attached hydrogens (tertiary/aromatic N) is 1. The minimum absolute atomic E-state index is 0.0402. The lowest BCUT2D eigenvalue weighted by Crippen LogP contribution is -2.30. The van der Waals surface area contributed by atoms with Crippen molar-refractivity contribution in [2.75, 3.05) is 13.1 Å². The van der Waals surface area contributed by atoms with Crippen molar-refractivity contribution in [2.24, 2.45) is 0 Å². The van der Waals surface area contributed by atoms with Gasteiger partial charge in [0.25, 0.3) is 5.91 Å². The molecule has 2 rings (SSSR count). The van der Waals surface area contributed by atoms with Crippen LogP contribution in [0.25, 0.3) is 0 Å². The predicted octanol–water partition coefficient (Wildman–Crippen LogP) is 1.69. The number of hydrogen-bond donors (Lipinski definition) is 1. The van der Waals surface area contributed by atoms with E-state index in [1.54, 1.807) is 0 Å². The molecular weight excluding hydrogens is 233 g/mol. The second-order valence-corrected chi connectivity index (χ2v) is 4.20. The summed E-state index contributed by atoms with van der Waals surface area (Å²) >= 11 is 5.60. The summed E-state index contributed by atoms with van der Waals surface area (Å²) in [5.74, 6) is -1.12. The molecule has 1 aliphatic heterocycles. The van der Waals surface area contributed by atoms with E-state index in [4.69, 9.17) is 11.6 Å². The van der Waals surface area contributed by atoms with Gasteiger partial charge in [0.1, 0.15) is 0 Å². The second-order valence-electron chi connectivity index (χ2n) is 3.80. The van der Waals surface area contributed by atoms with Gasteiger partial charge in [-0.25, -0.2) is 4.39 Å². The molecule has 16 heavy (non-hydrogen) atoms. The van der Waals surface area contributed by atoms with Crippen LogP contribution in [0.3, 0.4) is 0 Å². The first kappa shape index (κ1) is 11.4. The average Bonchev–Trinajstić information content (AvgIpc) is 2.68. The molecule has 0 bridgehead atoms. The molecule has 1 N–H and O–H groups in total. The number of halogens is 2. The minimum Gasteiger partial charge on any atom is -0.391 e. The molecule has 0 aliphatic carbocycles. The first-order chi connectivity index (χ1) is 7.59. The molecule has 0 unspecified atom stereocenters. The Morgan fingerprint density at radius 2 is 2.31 bits per heavy atom. The van der Waals surface area contributed by atoms with E-state index in [0.717, 1.165) is 0 Å². The van der Waals surface area contributed by atoms with Crippen LogP contribution in [0.4, 0.5) is 4.39 Å². The lowest BCUT2D eigenvalue weighted by molar-refractivity contribution is 0.0760. The Bertz CT molecular complexity index is 424.